The van der Waals surface area contributed by atoms with Gasteiger partial charge in [0.1, 0.15) is 0 Å². The fourth-order valence-electron chi connectivity index (χ4n) is 1.95. The van der Waals surface area contributed by atoms with Gasteiger partial charge in [-0.3, -0.25) is 4.79 Å². The van der Waals surface area contributed by atoms with Gasteiger partial charge < -0.3 is 0 Å². The van der Waals surface area contributed by atoms with Crippen LogP contribution in [0.5, 0.6) is 0 Å². The molecule has 0 spiro atoms. The molecule has 0 aromatic carbocycles. The van der Waals surface area contributed by atoms with Gasteiger partial charge in [0.15, 0.2) is 0 Å². The number of rotatable bonds is 3. The van der Waals surface area contributed by atoms with E-state index in [4.69, 9.17) is 0 Å². The second-order valence-corrected chi connectivity index (χ2v) is 5.04. The molecule has 1 aliphatic carbocycles. The second kappa shape index (κ2) is 5.80. The quantitative estimate of drug-likeness (QED) is 0.636. The van der Waals surface area contributed by atoms with E-state index in [-0.39, 0.29) is 5.91 Å². The van der Waals surface area contributed by atoms with E-state index in [1.54, 1.807) is 6.07 Å². The van der Waals surface area contributed by atoms with Crippen molar-refractivity contribution in [1.29, 1.82) is 0 Å². The highest BCUT2D eigenvalue weighted by Crippen LogP contribution is 2.21. The number of nitrogens with one attached hydrogen (secondary N) is 1. The third-order valence-electron chi connectivity index (χ3n) is 2.85. The predicted octanol–water partition coefficient (Wildman–Crippen LogP) is 3.04. The fraction of sp³-hybridized carbons (Fsp3) is 0.500. The first kappa shape index (κ1) is 11.3. The molecule has 1 fully saturated rings. The molecule has 1 N–H and O–H groups in total. The summed E-state index contributed by atoms with van der Waals surface area (Å²) in [7, 11) is 0. The number of hydrogen-bond donors (Lipinski definition) is 1. The summed E-state index contributed by atoms with van der Waals surface area (Å²) >= 11 is 1.43. The second-order valence-electron chi connectivity index (χ2n) is 4.09. The van der Waals surface area contributed by atoms with Crippen LogP contribution in [-0.4, -0.2) is 12.1 Å². The van der Waals surface area contributed by atoms with E-state index >= 15 is 0 Å². The van der Waals surface area contributed by atoms with Crippen LogP contribution in [0, 0.1) is 5.92 Å². The molecule has 3 nitrogen and oxygen atoms in total. The molecule has 1 aromatic rings. The van der Waals surface area contributed by atoms with Crippen LogP contribution >= 0.6 is 11.3 Å². The van der Waals surface area contributed by atoms with Gasteiger partial charge in [-0.15, -0.1) is 11.3 Å². The summed E-state index contributed by atoms with van der Waals surface area (Å²) in [4.78, 5) is 12.2. The van der Waals surface area contributed by atoms with Crippen LogP contribution in [0.15, 0.2) is 22.6 Å². The van der Waals surface area contributed by atoms with Crippen molar-refractivity contribution in [3.05, 3.63) is 22.4 Å². The van der Waals surface area contributed by atoms with Crippen molar-refractivity contribution >= 4 is 23.5 Å². The standard InChI is InChI=1S/C12H16N2OS/c15-12(11-7-4-8-16-11)14-13-9-10-5-2-1-3-6-10/h4,7-10H,1-3,5-6H2,(H,14,15)/b13-9+. The maximum atomic E-state index is 11.5. The zero-order valence-electron chi connectivity index (χ0n) is 9.19. The molecule has 0 unspecified atom stereocenters. The summed E-state index contributed by atoms with van der Waals surface area (Å²) in [5.41, 5.74) is 2.57. The Morgan fingerprint density at radius 1 is 1.44 bits per heavy atom. The lowest BCUT2D eigenvalue weighted by molar-refractivity contribution is 0.0959. The molecule has 0 radical (unpaired) electrons. The van der Waals surface area contributed by atoms with Gasteiger partial charge in [-0.05, 0) is 30.2 Å². The molecular formula is C12H16N2OS. The number of nitrogens with zero attached hydrogens (tertiary/aromatic N) is 1. The number of carbonyl (C=O) groups excluding carboxylic acids is 1. The van der Waals surface area contributed by atoms with Gasteiger partial charge in [-0.2, -0.15) is 5.10 Å². The summed E-state index contributed by atoms with van der Waals surface area (Å²) in [5, 5.41) is 5.92. The first-order valence-corrected chi connectivity index (χ1v) is 6.61. The number of hydrazone groups is 1. The lowest BCUT2D eigenvalue weighted by Crippen LogP contribution is -2.18. The first-order valence-electron chi connectivity index (χ1n) is 5.73. The molecule has 1 aliphatic rings. The zero-order valence-corrected chi connectivity index (χ0v) is 10.0. The maximum absolute atomic E-state index is 11.5. The lowest BCUT2D eigenvalue weighted by atomic mass is 9.90. The van der Waals surface area contributed by atoms with Crippen LogP contribution in [0.25, 0.3) is 0 Å². The molecule has 16 heavy (non-hydrogen) atoms. The van der Waals surface area contributed by atoms with Gasteiger partial charge in [-0.1, -0.05) is 25.3 Å². The molecular weight excluding hydrogens is 220 g/mol. The number of amides is 1. The van der Waals surface area contributed by atoms with Gasteiger partial charge in [-0.25, -0.2) is 5.43 Å². The molecule has 86 valence electrons. The van der Waals surface area contributed by atoms with E-state index in [2.05, 4.69) is 10.5 Å². The average molecular weight is 236 g/mol. The Morgan fingerprint density at radius 3 is 2.94 bits per heavy atom. The Hall–Kier alpha value is -1.16. The molecule has 1 saturated carbocycles. The molecule has 1 amide bonds. The van der Waals surface area contributed by atoms with Gasteiger partial charge in [0, 0.05) is 6.21 Å². The highest BCUT2D eigenvalue weighted by Gasteiger charge is 2.11. The summed E-state index contributed by atoms with van der Waals surface area (Å²) in [5.74, 6) is 0.444. The van der Waals surface area contributed by atoms with Crippen LogP contribution in [0.1, 0.15) is 41.8 Å². The predicted molar refractivity (Wildman–Crippen MR) is 66.9 cm³/mol. The monoisotopic (exact) mass is 236 g/mol. The van der Waals surface area contributed by atoms with Crippen molar-refractivity contribution in [2.45, 2.75) is 32.1 Å². The van der Waals surface area contributed by atoms with Gasteiger partial charge >= 0.3 is 0 Å². The molecule has 2 rings (SSSR count). The topological polar surface area (TPSA) is 41.5 Å². The van der Waals surface area contributed by atoms with Crippen LogP contribution in [0.2, 0.25) is 0 Å². The minimum Gasteiger partial charge on any atom is -0.266 e. The van der Waals surface area contributed by atoms with Crippen molar-refractivity contribution in [3.8, 4) is 0 Å². The summed E-state index contributed by atoms with van der Waals surface area (Å²) in [6, 6.07) is 3.67. The molecule has 0 aliphatic heterocycles. The molecule has 1 aromatic heterocycles. The van der Waals surface area contributed by atoms with Gasteiger partial charge in [0.2, 0.25) is 0 Å². The number of carbonyl (C=O) groups is 1. The van der Waals surface area contributed by atoms with Gasteiger partial charge in [0.05, 0.1) is 4.88 Å². The fourth-order valence-corrected chi connectivity index (χ4v) is 2.56. The largest absolute Gasteiger partial charge is 0.281 e. The highest BCUT2D eigenvalue weighted by atomic mass is 32.1. The normalized spacial score (nSPS) is 17.8. The third kappa shape index (κ3) is 3.17. The van der Waals surface area contributed by atoms with E-state index in [0.29, 0.717) is 10.8 Å². The average Bonchev–Trinajstić information content (AvgIpc) is 2.84. The Kier molecular flexibility index (Phi) is 4.10. The smallest absolute Gasteiger partial charge is 0.266 e. The molecule has 0 bridgehead atoms. The van der Waals surface area contributed by atoms with E-state index in [1.807, 2.05) is 17.7 Å². The number of hydrogen-bond acceptors (Lipinski definition) is 3. The Bertz CT molecular complexity index is 353. The first-order chi connectivity index (χ1) is 7.86. The summed E-state index contributed by atoms with van der Waals surface area (Å²) in [6.07, 6.45) is 8.22. The van der Waals surface area contributed by atoms with E-state index in [1.165, 1.54) is 43.4 Å². The van der Waals surface area contributed by atoms with E-state index in [0.717, 1.165) is 0 Å². The Morgan fingerprint density at radius 2 is 2.25 bits per heavy atom. The third-order valence-corrected chi connectivity index (χ3v) is 3.71. The minimum atomic E-state index is -0.109. The van der Waals surface area contributed by atoms with E-state index < -0.39 is 0 Å². The van der Waals surface area contributed by atoms with E-state index in [9.17, 15) is 4.79 Å². The Labute approximate surface area is 99.6 Å². The molecule has 4 heteroatoms. The van der Waals surface area contributed by atoms with Gasteiger partial charge in [0.25, 0.3) is 5.91 Å². The minimum absolute atomic E-state index is 0.109. The van der Waals surface area contributed by atoms with Crippen LogP contribution in [0.3, 0.4) is 0 Å². The summed E-state index contributed by atoms with van der Waals surface area (Å²) in [6.45, 7) is 0. The van der Waals surface area contributed by atoms with Crippen molar-refractivity contribution in [2.75, 3.05) is 0 Å². The summed E-state index contributed by atoms with van der Waals surface area (Å²) < 4.78 is 0. The molecule has 1 heterocycles. The van der Waals surface area contributed by atoms with Crippen LogP contribution < -0.4 is 5.43 Å². The molecule has 0 saturated heterocycles. The van der Waals surface area contributed by atoms with Crippen molar-refractivity contribution in [1.82, 2.24) is 5.43 Å². The maximum Gasteiger partial charge on any atom is 0.281 e. The van der Waals surface area contributed by atoms with Crippen LogP contribution in [-0.2, 0) is 0 Å². The number of thiophene rings is 1. The van der Waals surface area contributed by atoms with Crippen molar-refractivity contribution in [3.63, 3.8) is 0 Å². The van der Waals surface area contributed by atoms with Crippen molar-refractivity contribution in [2.24, 2.45) is 11.0 Å². The van der Waals surface area contributed by atoms with Crippen molar-refractivity contribution < 1.29 is 4.79 Å². The Balaban J connectivity index is 1.78. The highest BCUT2D eigenvalue weighted by molar-refractivity contribution is 7.12. The molecule has 0 atom stereocenters. The van der Waals surface area contributed by atoms with Crippen LogP contribution in [0.4, 0.5) is 0 Å². The SMILES string of the molecule is O=C(N/N=C/C1CCCCC1)c1cccs1. The lowest BCUT2D eigenvalue weighted by Gasteiger charge is -2.16. The zero-order chi connectivity index (χ0) is 11.2.